The third kappa shape index (κ3) is 3.67. The molecule has 0 aliphatic carbocycles. The van der Waals surface area contributed by atoms with Crippen molar-refractivity contribution in [3.05, 3.63) is 90.8 Å². The van der Waals surface area contributed by atoms with Crippen LogP contribution in [-0.2, 0) is 17.8 Å². The highest BCUT2D eigenvalue weighted by molar-refractivity contribution is 7.10. The molecule has 2 aromatic carbocycles. The Morgan fingerprint density at radius 3 is 2.59 bits per heavy atom. The number of thiophene rings is 1. The van der Waals surface area contributed by atoms with E-state index in [0.717, 1.165) is 20.6 Å². The maximum absolute atomic E-state index is 13.6. The first-order chi connectivity index (χ1) is 16.5. The summed E-state index contributed by atoms with van der Waals surface area (Å²) in [6.07, 6.45) is 0.617. The summed E-state index contributed by atoms with van der Waals surface area (Å²) in [6.45, 7) is 0.105. The second-order valence-electron chi connectivity index (χ2n) is 8.03. The molecule has 0 fully saturated rings. The molecule has 1 aliphatic rings. The van der Waals surface area contributed by atoms with Crippen LogP contribution < -0.4 is 20.7 Å². The molecule has 0 radical (unpaired) electrons. The van der Waals surface area contributed by atoms with Crippen LogP contribution in [0.2, 0.25) is 0 Å². The molecule has 8 nitrogen and oxygen atoms in total. The molecular formula is C25H23N3O5S. The number of aromatic nitrogens is 2. The van der Waals surface area contributed by atoms with E-state index in [2.05, 4.69) is 4.98 Å². The molecule has 1 amide bonds. The van der Waals surface area contributed by atoms with Gasteiger partial charge in [-0.1, -0.05) is 18.2 Å². The van der Waals surface area contributed by atoms with E-state index in [0.29, 0.717) is 35.4 Å². The van der Waals surface area contributed by atoms with E-state index in [4.69, 9.17) is 9.47 Å². The summed E-state index contributed by atoms with van der Waals surface area (Å²) in [7, 11) is 3.17. The Hall–Kier alpha value is -3.85. The van der Waals surface area contributed by atoms with Gasteiger partial charge in [-0.05, 0) is 53.3 Å². The van der Waals surface area contributed by atoms with Crippen molar-refractivity contribution in [2.24, 2.45) is 0 Å². The van der Waals surface area contributed by atoms with Crippen LogP contribution in [-0.4, -0.2) is 41.1 Å². The molecular weight excluding hydrogens is 454 g/mol. The Labute approximate surface area is 199 Å². The molecule has 0 saturated carbocycles. The fourth-order valence-corrected chi connectivity index (χ4v) is 5.39. The summed E-state index contributed by atoms with van der Waals surface area (Å²) in [5.74, 6) is 0.918. The molecule has 9 heteroatoms. The number of amides is 1. The number of carbonyl (C=O) groups is 1. The van der Waals surface area contributed by atoms with Gasteiger partial charge in [-0.2, -0.15) is 0 Å². The molecule has 0 saturated heterocycles. The van der Waals surface area contributed by atoms with Gasteiger partial charge in [0.1, 0.15) is 6.54 Å². The first kappa shape index (κ1) is 22.0. The van der Waals surface area contributed by atoms with E-state index in [-0.39, 0.29) is 18.5 Å². The summed E-state index contributed by atoms with van der Waals surface area (Å²) in [6, 6.07) is 14.2. The van der Waals surface area contributed by atoms with Gasteiger partial charge in [-0.3, -0.25) is 14.2 Å². The van der Waals surface area contributed by atoms with E-state index in [1.54, 1.807) is 54.7 Å². The van der Waals surface area contributed by atoms with Gasteiger partial charge >= 0.3 is 5.69 Å². The minimum absolute atomic E-state index is 0.304. The number of nitrogens with zero attached hydrogens (tertiary/aromatic N) is 2. The van der Waals surface area contributed by atoms with Crippen LogP contribution in [0.25, 0.3) is 10.9 Å². The molecule has 1 N–H and O–H groups in total. The van der Waals surface area contributed by atoms with Gasteiger partial charge in [0, 0.05) is 11.4 Å². The number of nitrogens with one attached hydrogen (secondary N) is 1. The van der Waals surface area contributed by atoms with Gasteiger partial charge < -0.3 is 19.4 Å². The van der Waals surface area contributed by atoms with Crippen LogP contribution in [0.5, 0.6) is 11.5 Å². The molecule has 174 valence electrons. The zero-order chi connectivity index (χ0) is 23.8. The lowest BCUT2D eigenvalue weighted by atomic mass is 9.90. The van der Waals surface area contributed by atoms with E-state index in [1.165, 1.54) is 0 Å². The molecule has 0 bridgehead atoms. The SMILES string of the molecule is COc1cc2c(cc1OC)C(c1cccs1)N(C(=O)Cn1c(=O)[nH]c3ccccc3c1=O)CC2. The lowest BCUT2D eigenvalue weighted by Gasteiger charge is -2.37. The van der Waals surface area contributed by atoms with Crippen LogP contribution in [0.4, 0.5) is 0 Å². The molecule has 34 heavy (non-hydrogen) atoms. The number of para-hydroxylation sites is 1. The van der Waals surface area contributed by atoms with Crippen molar-refractivity contribution in [2.75, 3.05) is 20.8 Å². The van der Waals surface area contributed by atoms with E-state index in [1.807, 2.05) is 29.6 Å². The zero-order valence-electron chi connectivity index (χ0n) is 18.7. The number of methoxy groups -OCH3 is 2. The van der Waals surface area contributed by atoms with Crippen molar-refractivity contribution in [1.82, 2.24) is 14.5 Å². The zero-order valence-corrected chi connectivity index (χ0v) is 19.6. The van der Waals surface area contributed by atoms with Gasteiger partial charge in [-0.25, -0.2) is 4.79 Å². The lowest BCUT2D eigenvalue weighted by Crippen LogP contribution is -2.46. The molecule has 1 aliphatic heterocycles. The third-order valence-electron chi connectivity index (χ3n) is 6.19. The fraction of sp³-hybridized carbons (Fsp3) is 0.240. The Bertz CT molecular complexity index is 1490. The van der Waals surface area contributed by atoms with Crippen LogP contribution in [0, 0.1) is 0 Å². The average molecular weight is 478 g/mol. The van der Waals surface area contributed by atoms with Crippen molar-refractivity contribution in [3.8, 4) is 11.5 Å². The fourth-order valence-electron chi connectivity index (χ4n) is 4.54. The van der Waals surface area contributed by atoms with Crippen LogP contribution in [0.1, 0.15) is 22.0 Å². The van der Waals surface area contributed by atoms with Gasteiger partial charge in [-0.15, -0.1) is 11.3 Å². The van der Waals surface area contributed by atoms with Crippen LogP contribution in [0.3, 0.4) is 0 Å². The topological polar surface area (TPSA) is 93.6 Å². The molecule has 1 atom stereocenters. The second kappa shape index (κ2) is 8.83. The van der Waals surface area contributed by atoms with E-state index >= 15 is 0 Å². The Morgan fingerprint density at radius 2 is 1.85 bits per heavy atom. The van der Waals surface area contributed by atoms with Crippen molar-refractivity contribution in [3.63, 3.8) is 0 Å². The number of ether oxygens (including phenoxy) is 2. The van der Waals surface area contributed by atoms with Crippen molar-refractivity contribution in [2.45, 2.75) is 19.0 Å². The lowest BCUT2D eigenvalue weighted by molar-refractivity contribution is -0.134. The van der Waals surface area contributed by atoms with Crippen LogP contribution >= 0.6 is 11.3 Å². The number of fused-ring (bicyclic) bond motifs is 2. The van der Waals surface area contributed by atoms with Crippen LogP contribution in [0.15, 0.2) is 63.5 Å². The third-order valence-corrected chi connectivity index (χ3v) is 7.11. The summed E-state index contributed by atoms with van der Waals surface area (Å²) >= 11 is 1.55. The molecule has 0 spiro atoms. The summed E-state index contributed by atoms with van der Waals surface area (Å²) in [5, 5.41) is 2.33. The predicted molar refractivity (Wildman–Crippen MR) is 130 cm³/mol. The maximum atomic E-state index is 13.6. The highest BCUT2D eigenvalue weighted by Gasteiger charge is 2.34. The molecule has 4 aromatic rings. The minimum atomic E-state index is -0.603. The number of rotatable bonds is 5. The average Bonchev–Trinajstić information content (AvgIpc) is 3.39. The number of hydrogen-bond donors (Lipinski definition) is 1. The van der Waals surface area contributed by atoms with Crippen molar-refractivity contribution < 1.29 is 14.3 Å². The van der Waals surface area contributed by atoms with Gasteiger partial charge in [0.15, 0.2) is 11.5 Å². The quantitative estimate of drug-likeness (QED) is 0.477. The van der Waals surface area contributed by atoms with Gasteiger partial charge in [0.05, 0.1) is 31.2 Å². The number of aromatic amines is 1. The minimum Gasteiger partial charge on any atom is -0.493 e. The number of H-pyrrole nitrogens is 1. The smallest absolute Gasteiger partial charge is 0.329 e. The van der Waals surface area contributed by atoms with Crippen molar-refractivity contribution >= 4 is 28.1 Å². The Morgan fingerprint density at radius 1 is 1.09 bits per heavy atom. The van der Waals surface area contributed by atoms with Crippen molar-refractivity contribution in [1.29, 1.82) is 0 Å². The molecule has 2 aromatic heterocycles. The summed E-state index contributed by atoms with van der Waals surface area (Å²) in [4.78, 5) is 44.6. The monoisotopic (exact) mass is 477 g/mol. The van der Waals surface area contributed by atoms with Gasteiger partial charge in [0.25, 0.3) is 5.56 Å². The number of carbonyl (C=O) groups excluding carboxylic acids is 1. The highest BCUT2D eigenvalue weighted by atomic mass is 32.1. The summed E-state index contributed by atoms with van der Waals surface area (Å²) < 4.78 is 12.0. The number of hydrogen-bond acceptors (Lipinski definition) is 6. The first-order valence-corrected chi connectivity index (χ1v) is 11.7. The highest BCUT2D eigenvalue weighted by Crippen LogP contribution is 2.42. The molecule has 3 heterocycles. The molecule has 5 rings (SSSR count). The van der Waals surface area contributed by atoms with E-state index in [9.17, 15) is 14.4 Å². The largest absolute Gasteiger partial charge is 0.493 e. The normalized spacial score (nSPS) is 15.2. The maximum Gasteiger partial charge on any atom is 0.329 e. The Kier molecular flexibility index (Phi) is 5.70. The van der Waals surface area contributed by atoms with E-state index < -0.39 is 11.2 Å². The predicted octanol–water partition coefficient (Wildman–Crippen LogP) is 2.94. The second-order valence-corrected chi connectivity index (χ2v) is 9.01. The Balaban J connectivity index is 1.56. The standard InChI is InChI=1S/C25H23N3O5S/c1-32-19-12-15-9-10-27(23(21-8-5-11-34-21)17(15)13-20(19)33-2)22(29)14-28-24(30)16-6-3-4-7-18(16)26-25(28)31/h3-8,11-13,23H,9-10,14H2,1-2H3,(H,26,31). The van der Waals surface area contributed by atoms with Gasteiger partial charge in [0.2, 0.25) is 5.91 Å². The first-order valence-electron chi connectivity index (χ1n) is 10.8. The number of benzene rings is 2. The summed E-state index contributed by atoms with van der Waals surface area (Å²) in [5.41, 5.74) is 1.38. The molecule has 1 unspecified atom stereocenters.